The highest BCUT2D eigenvalue weighted by molar-refractivity contribution is 7.99. The fourth-order valence-corrected chi connectivity index (χ4v) is 4.40. The van der Waals surface area contributed by atoms with Crippen LogP contribution >= 0.6 is 23.4 Å². The number of aromatic nitrogens is 3. The number of ether oxygens (including phenoxy) is 1. The van der Waals surface area contributed by atoms with E-state index in [0.29, 0.717) is 35.0 Å². The molecule has 0 bridgehead atoms. The van der Waals surface area contributed by atoms with E-state index < -0.39 is 0 Å². The van der Waals surface area contributed by atoms with E-state index >= 15 is 0 Å². The lowest BCUT2D eigenvalue weighted by Gasteiger charge is -2.29. The van der Waals surface area contributed by atoms with Gasteiger partial charge in [0.25, 0.3) is 0 Å². The Balaban J connectivity index is 1.67. The number of hydrogen-bond donors (Lipinski definition) is 1. The summed E-state index contributed by atoms with van der Waals surface area (Å²) in [4.78, 5) is 12.4. The van der Waals surface area contributed by atoms with Crippen LogP contribution in [0.25, 0.3) is 11.4 Å². The van der Waals surface area contributed by atoms with Crippen LogP contribution in [-0.4, -0.2) is 46.2 Å². The van der Waals surface area contributed by atoms with Crippen molar-refractivity contribution in [1.29, 1.82) is 0 Å². The van der Waals surface area contributed by atoms with E-state index in [-0.39, 0.29) is 11.9 Å². The minimum Gasteiger partial charge on any atom is -0.383 e. The first kappa shape index (κ1) is 21.1. The number of nitrogens with zero attached hydrogens (tertiary/aromatic N) is 3. The van der Waals surface area contributed by atoms with E-state index in [9.17, 15) is 4.79 Å². The molecule has 1 heterocycles. The molecule has 8 heteroatoms. The Kier molecular flexibility index (Phi) is 7.76. The summed E-state index contributed by atoms with van der Waals surface area (Å²) in [6.45, 7) is 3.38. The fourth-order valence-electron chi connectivity index (χ4n) is 3.50. The van der Waals surface area contributed by atoms with Gasteiger partial charge < -0.3 is 10.1 Å². The van der Waals surface area contributed by atoms with E-state index in [1.165, 1.54) is 31.0 Å². The highest BCUT2D eigenvalue weighted by Gasteiger charge is 2.23. The Labute approximate surface area is 175 Å². The molecule has 1 aliphatic carbocycles. The molecule has 0 spiro atoms. The Hall–Kier alpha value is -1.57. The van der Waals surface area contributed by atoms with Gasteiger partial charge in [-0.1, -0.05) is 43.1 Å². The van der Waals surface area contributed by atoms with Gasteiger partial charge in [0, 0.05) is 23.7 Å². The van der Waals surface area contributed by atoms with Crippen molar-refractivity contribution in [2.75, 3.05) is 19.5 Å². The lowest BCUT2D eigenvalue weighted by molar-refractivity contribution is -0.119. The Bertz CT molecular complexity index is 781. The lowest BCUT2D eigenvalue weighted by Crippen LogP contribution is -2.41. The van der Waals surface area contributed by atoms with Crippen LogP contribution in [0.15, 0.2) is 29.4 Å². The van der Waals surface area contributed by atoms with E-state index in [4.69, 9.17) is 16.3 Å². The van der Waals surface area contributed by atoms with Crippen molar-refractivity contribution in [3.05, 3.63) is 29.3 Å². The molecule has 2 aromatic rings. The first-order chi connectivity index (χ1) is 13.6. The average Bonchev–Trinajstić information content (AvgIpc) is 3.10. The van der Waals surface area contributed by atoms with Gasteiger partial charge in [0.2, 0.25) is 5.91 Å². The zero-order valence-corrected chi connectivity index (χ0v) is 17.9. The maximum Gasteiger partial charge on any atom is 0.230 e. The largest absolute Gasteiger partial charge is 0.383 e. The number of nitrogens with one attached hydrogen (secondary N) is 1. The predicted molar refractivity (Wildman–Crippen MR) is 113 cm³/mol. The number of benzene rings is 1. The highest BCUT2D eigenvalue weighted by atomic mass is 35.5. The zero-order valence-electron chi connectivity index (χ0n) is 16.4. The van der Waals surface area contributed by atoms with Crippen LogP contribution in [0.3, 0.4) is 0 Å². The van der Waals surface area contributed by atoms with Crippen LogP contribution < -0.4 is 5.32 Å². The molecule has 2 atom stereocenters. The van der Waals surface area contributed by atoms with Gasteiger partial charge in [0.1, 0.15) is 0 Å². The lowest BCUT2D eigenvalue weighted by atomic mass is 9.86. The summed E-state index contributed by atoms with van der Waals surface area (Å²) in [7, 11) is 1.66. The normalized spacial score (nSPS) is 19.5. The molecule has 1 aromatic heterocycles. The predicted octanol–water partition coefficient (Wildman–Crippen LogP) is 4.03. The first-order valence-electron chi connectivity index (χ1n) is 9.68. The van der Waals surface area contributed by atoms with Crippen molar-refractivity contribution in [3.8, 4) is 11.4 Å². The van der Waals surface area contributed by atoms with E-state index in [1.54, 1.807) is 7.11 Å². The Morgan fingerprint density at radius 1 is 1.29 bits per heavy atom. The monoisotopic (exact) mass is 422 g/mol. The van der Waals surface area contributed by atoms with E-state index in [1.807, 2.05) is 28.8 Å². The second-order valence-electron chi connectivity index (χ2n) is 7.18. The molecule has 152 valence electrons. The average molecular weight is 423 g/mol. The van der Waals surface area contributed by atoms with Gasteiger partial charge in [0.05, 0.1) is 18.9 Å². The summed E-state index contributed by atoms with van der Waals surface area (Å²) in [5.41, 5.74) is 0.931. The summed E-state index contributed by atoms with van der Waals surface area (Å²) in [6.07, 6.45) is 4.72. The second kappa shape index (κ2) is 10.3. The molecular weight excluding hydrogens is 396 g/mol. The van der Waals surface area contributed by atoms with Crippen molar-refractivity contribution in [2.24, 2.45) is 5.92 Å². The number of carbonyl (C=O) groups excluding carboxylic acids is 1. The third-order valence-corrected chi connectivity index (χ3v) is 6.35. The standard InChI is InChI=1S/C20H27ClN4O2S/c1-14-5-3-4-6-17(14)22-18(26)13-28-20-24-23-19(25(20)11-12-27-2)15-7-9-16(21)10-8-15/h7-10,14,17H,3-6,11-13H2,1-2H3,(H,22,26)/t14-,17-/m0/s1. The Morgan fingerprint density at radius 3 is 2.75 bits per heavy atom. The van der Waals surface area contributed by atoms with Gasteiger partial charge in [-0.05, 0) is 43.0 Å². The first-order valence-corrected chi connectivity index (χ1v) is 11.0. The van der Waals surface area contributed by atoms with Gasteiger partial charge in [-0.25, -0.2) is 0 Å². The van der Waals surface area contributed by atoms with Crippen molar-refractivity contribution in [1.82, 2.24) is 20.1 Å². The summed E-state index contributed by atoms with van der Waals surface area (Å²) >= 11 is 7.40. The molecule has 6 nitrogen and oxygen atoms in total. The third kappa shape index (κ3) is 5.49. The molecule has 0 unspecified atom stereocenters. The van der Waals surface area contributed by atoms with Gasteiger partial charge in [0.15, 0.2) is 11.0 Å². The summed E-state index contributed by atoms with van der Waals surface area (Å²) in [5.74, 6) is 1.68. The van der Waals surface area contributed by atoms with Crippen LogP contribution in [0.5, 0.6) is 0 Å². The molecule has 1 saturated carbocycles. The fraction of sp³-hybridized carbons (Fsp3) is 0.550. The van der Waals surface area contributed by atoms with Crippen molar-refractivity contribution < 1.29 is 9.53 Å². The number of methoxy groups -OCH3 is 1. The van der Waals surface area contributed by atoms with Gasteiger partial charge >= 0.3 is 0 Å². The third-order valence-electron chi connectivity index (χ3n) is 5.13. The maximum absolute atomic E-state index is 12.4. The molecule has 1 aliphatic rings. The molecule has 28 heavy (non-hydrogen) atoms. The number of rotatable bonds is 8. The van der Waals surface area contributed by atoms with Gasteiger partial charge in [-0.15, -0.1) is 10.2 Å². The van der Waals surface area contributed by atoms with E-state index in [2.05, 4.69) is 22.4 Å². The van der Waals surface area contributed by atoms with Crippen LogP contribution in [0.2, 0.25) is 5.02 Å². The molecule has 3 rings (SSSR count). The second-order valence-corrected chi connectivity index (χ2v) is 8.56. The van der Waals surface area contributed by atoms with Crippen molar-refractivity contribution in [2.45, 2.75) is 50.4 Å². The number of hydrogen-bond acceptors (Lipinski definition) is 5. The SMILES string of the molecule is COCCn1c(SCC(=O)N[C@H]2CCCC[C@@H]2C)nnc1-c1ccc(Cl)cc1. The number of carbonyl (C=O) groups is 1. The van der Waals surface area contributed by atoms with Crippen LogP contribution in [-0.2, 0) is 16.1 Å². The molecule has 0 aliphatic heterocycles. The zero-order chi connectivity index (χ0) is 19.9. The molecular formula is C20H27ClN4O2S. The van der Waals surface area contributed by atoms with Crippen LogP contribution in [0.1, 0.15) is 32.6 Å². The summed E-state index contributed by atoms with van der Waals surface area (Å²) in [6, 6.07) is 7.79. The Morgan fingerprint density at radius 2 is 2.04 bits per heavy atom. The van der Waals surface area contributed by atoms with Crippen LogP contribution in [0.4, 0.5) is 0 Å². The van der Waals surface area contributed by atoms with Crippen molar-refractivity contribution in [3.63, 3.8) is 0 Å². The smallest absolute Gasteiger partial charge is 0.230 e. The highest BCUT2D eigenvalue weighted by Crippen LogP contribution is 2.26. The summed E-state index contributed by atoms with van der Waals surface area (Å²) < 4.78 is 7.23. The molecule has 0 saturated heterocycles. The molecule has 1 fully saturated rings. The molecule has 1 N–H and O–H groups in total. The van der Waals surface area contributed by atoms with E-state index in [0.717, 1.165) is 17.8 Å². The number of amides is 1. The molecule has 0 radical (unpaired) electrons. The van der Waals surface area contributed by atoms with Crippen molar-refractivity contribution >= 4 is 29.3 Å². The number of thioether (sulfide) groups is 1. The summed E-state index contributed by atoms with van der Waals surface area (Å²) in [5, 5.41) is 13.2. The van der Waals surface area contributed by atoms with Gasteiger partial charge in [-0.2, -0.15) is 0 Å². The molecule has 1 aromatic carbocycles. The topological polar surface area (TPSA) is 69.0 Å². The minimum atomic E-state index is 0.0538. The number of halogens is 1. The quantitative estimate of drug-likeness (QED) is 0.650. The van der Waals surface area contributed by atoms with Crippen LogP contribution in [0, 0.1) is 5.92 Å². The van der Waals surface area contributed by atoms with Gasteiger partial charge in [-0.3, -0.25) is 9.36 Å². The maximum atomic E-state index is 12.4. The minimum absolute atomic E-state index is 0.0538. The molecule has 1 amide bonds.